The Bertz CT molecular complexity index is 2140. The quantitative estimate of drug-likeness (QED) is 0.147. The standard InChI is InChI=1S/C42H53F4N3O10S/c1-7-24-14-23(2)10-8-9-11-25-20-41(25,39(53)48-60(54,55)27-12-13-27)21-33(50)32-15-26(22-49(32)38(52)28(24)17-37(51)59-40(3,4)42(44,45)46)58-34-19-36(57-6)47-31-18-35(56-5)30(43)16-29(31)34/h9,11,16,18-19,23-28,32H,7-8,10,12-15,17,20-22H2,1-6H3,(H,48,53)/b11-9-/t23-,24-,25-,26-,28+,32+,41-/m1/s1. The number of esters is 1. The van der Waals surface area contributed by atoms with Crippen molar-refractivity contribution in [2.75, 3.05) is 20.8 Å². The molecule has 3 fully saturated rings. The summed E-state index contributed by atoms with van der Waals surface area (Å²) < 4.78 is 107. The third-order valence-electron chi connectivity index (χ3n) is 12.5. The van der Waals surface area contributed by atoms with Crippen LogP contribution in [0.15, 0.2) is 30.4 Å². The average Bonchev–Trinajstić information content (AvgIpc) is 4.10. The number of carbonyl (C=O) groups is 4. The van der Waals surface area contributed by atoms with Gasteiger partial charge in [-0.1, -0.05) is 32.4 Å². The zero-order valence-corrected chi connectivity index (χ0v) is 35.4. The van der Waals surface area contributed by atoms with E-state index in [-0.39, 0.29) is 53.6 Å². The van der Waals surface area contributed by atoms with Gasteiger partial charge in [0.1, 0.15) is 11.9 Å². The average molecular weight is 868 g/mol. The number of hydrogen-bond donors (Lipinski definition) is 1. The molecule has 4 aliphatic rings. The van der Waals surface area contributed by atoms with E-state index in [2.05, 4.69) is 9.71 Å². The number of carbonyl (C=O) groups excluding carboxylic acids is 4. The summed E-state index contributed by atoms with van der Waals surface area (Å²) in [5, 5.41) is -0.468. The third kappa shape index (κ3) is 9.52. The Labute approximate surface area is 346 Å². The van der Waals surface area contributed by atoms with Crippen molar-refractivity contribution in [3.63, 3.8) is 0 Å². The molecule has 0 unspecified atom stereocenters. The van der Waals surface area contributed by atoms with Gasteiger partial charge in [-0.2, -0.15) is 13.2 Å². The molecule has 0 radical (unpaired) electrons. The van der Waals surface area contributed by atoms with Gasteiger partial charge in [-0.05, 0) is 76.2 Å². The molecule has 60 heavy (non-hydrogen) atoms. The van der Waals surface area contributed by atoms with Crippen molar-refractivity contribution >= 4 is 44.5 Å². The molecule has 7 atom stereocenters. The first kappa shape index (κ1) is 45.1. The number of benzene rings is 1. The Morgan fingerprint density at radius 2 is 1.75 bits per heavy atom. The number of amides is 2. The van der Waals surface area contributed by atoms with Crippen LogP contribution in [0, 0.1) is 34.9 Å². The summed E-state index contributed by atoms with van der Waals surface area (Å²) in [5.41, 5.74) is -4.01. The largest absolute Gasteiger partial charge is 0.494 e. The summed E-state index contributed by atoms with van der Waals surface area (Å²) in [6.07, 6.45) is -0.331. The van der Waals surface area contributed by atoms with Gasteiger partial charge in [0.25, 0.3) is 0 Å². The van der Waals surface area contributed by atoms with Gasteiger partial charge >= 0.3 is 12.1 Å². The summed E-state index contributed by atoms with van der Waals surface area (Å²) in [4.78, 5) is 62.6. The molecule has 13 nitrogen and oxygen atoms in total. The van der Waals surface area contributed by atoms with Crippen molar-refractivity contribution in [3.8, 4) is 17.4 Å². The van der Waals surface area contributed by atoms with Crippen LogP contribution in [-0.2, 0) is 33.9 Å². The monoisotopic (exact) mass is 867 g/mol. The number of ether oxygens (including phenoxy) is 4. The fraction of sp³-hybridized carbons (Fsp3) is 0.643. The highest BCUT2D eigenvalue weighted by Gasteiger charge is 2.62. The van der Waals surface area contributed by atoms with E-state index >= 15 is 9.18 Å². The topological polar surface area (TPSA) is 168 Å². The molecule has 2 aromatic rings. The van der Waals surface area contributed by atoms with E-state index in [0.29, 0.717) is 38.5 Å². The summed E-state index contributed by atoms with van der Waals surface area (Å²) >= 11 is 0. The Morgan fingerprint density at radius 1 is 1.03 bits per heavy atom. The van der Waals surface area contributed by atoms with E-state index in [1.807, 2.05) is 26.0 Å². The van der Waals surface area contributed by atoms with Crippen LogP contribution < -0.4 is 18.9 Å². The van der Waals surface area contributed by atoms with Crippen molar-refractivity contribution in [1.82, 2.24) is 14.6 Å². The van der Waals surface area contributed by atoms with Gasteiger partial charge in [0.2, 0.25) is 33.3 Å². The Hall–Kier alpha value is -4.48. The van der Waals surface area contributed by atoms with Crippen molar-refractivity contribution in [1.29, 1.82) is 0 Å². The predicted octanol–water partition coefficient (Wildman–Crippen LogP) is 6.61. The number of ketones is 1. The molecule has 1 aromatic carbocycles. The molecule has 1 saturated heterocycles. The lowest BCUT2D eigenvalue weighted by Gasteiger charge is -2.34. The zero-order chi connectivity index (χ0) is 43.9. The zero-order valence-electron chi connectivity index (χ0n) is 34.6. The molecular formula is C42H53F4N3O10S. The Kier molecular flexibility index (Phi) is 12.9. The van der Waals surface area contributed by atoms with E-state index < -0.39 is 105 Å². The van der Waals surface area contributed by atoms with Crippen LogP contribution in [0.3, 0.4) is 0 Å². The summed E-state index contributed by atoms with van der Waals surface area (Å²) in [6.45, 7) is 5.00. The fourth-order valence-corrected chi connectivity index (χ4v) is 9.90. The first-order valence-electron chi connectivity index (χ1n) is 20.4. The lowest BCUT2D eigenvalue weighted by atomic mass is 9.79. The van der Waals surface area contributed by atoms with Crippen LogP contribution in [0.2, 0.25) is 0 Å². The highest BCUT2D eigenvalue weighted by Crippen LogP contribution is 2.57. The highest BCUT2D eigenvalue weighted by atomic mass is 32.2. The van der Waals surface area contributed by atoms with Crippen molar-refractivity contribution in [2.24, 2.45) is 29.1 Å². The molecule has 1 N–H and O–H groups in total. The van der Waals surface area contributed by atoms with E-state index in [1.54, 1.807) is 0 Å². The minimum Gasteiger partial charge on any atom is -0.494 e. The first-order valence-corrected chi connectivity index (χ1v) is 21.9. The second-order valence-corrected chi connectivity index (χ2v) is 19.2. The molecule has 0 spiro atoms. The maximum atomic E-state index is 15.0. The number of pyridine rings is 1. The van der Waals surface area contributed by atoms with E-state index in [9.17, 15) is 36.0 Å². The molecular weight excluding hydrogens is 815 g/mol. The number of alkyl halides is 3. The van der Waals surface area contributed by atoms with Gasteiger partial charge in [-0.15, -0.1) is 0 Å². The molecule has 6 rings (SSSR count). The molecule has 0 bridgehead atoms. The van der Waals surface area contributed by atoms with Gasteiger partial charge in [0, 0.05) is 30.4 Å². The molecule has 2 saturated carbocycles. The lowest BCUT2D eigenvalue weighted by Crippen LogP contribution is -2.48. The molecule has 2 aliphatic carbocycles. The van der Waals surface area contributed by atoms with Crippen LogP contribution in [0.25, 0.3) is 10.9 Å². The van der Waals surface area contributed by atoms with Crippen molar-refractivity contribution in [2.45, 2.75) is 121 Å². The molecule has 1 aromatic heterocycles. The number of methoxy groups -OCH3 is 2. The number of nitrogens with zero attached hydrogens (tertiary/aromatic N) is 2. The van der Waals surface area contributed by atoms with Crippen LogP contribution in [-0.4, -0.2) is 91.8 Å². The van der Waals surface area contributed by atoms with Gasteiger partial charge in [-0.3, -0.25) is 23.9 Å². The first-order chi connectivity index (χ1) is 28.1. The van der Waals surface area contributed by atoms with Gasteiger partial charge in [-0.25, -0.2) is 17.8 Å². The number of aromatic nitrogens is 1. The Morgan fingerprint density at radius 3 is 2.38 bits per heavy atom. The van der Waals surface area contributed by atoms with Crippen LogP contribution in [0.4, 0.5) is 17.6 Å². The minimum absolute atomic E-state index is 0.0142. The smallest absolute Gasteiger partial charge is 0.427 e. The molecule has 3 heterocycles. The number of Topliss-reactive ketones (excluding diaryl/α,β-unsaturated/α-hetero) is 1. The summed E-state index contributed by atoms with van der Waals surface area (Å²) in [5.74, 6) is -6.06. The van der Waals surface area contributed by atoms with Crippen LogP contribution in [0.5, 0.6) is 17.4 Å². The Balaban J connectivity index is 1.39. The summed E-state index contributed by atoms with van der Waals surface area (Å²) in [7, 11) is -1.31. The number of hydrogen-bond acceptors (Lipinski definition) is 11. The number of rotatable bonds is 11. The minimum atomic E-state index is -4.90. The highest BCUT2D eigenvalue weighted by molar-refractivity contribution is 7.90. The molecule has 2 amide bonds. The van der Waals surface area contributed by atoms with Gasteiger partial charge in [0.05, 0.1) is 55.3 Å². The van der Waals surface area contributed by atoms with Crippen molar-refractivity contribution < 1.29 is 64.1 Å². The lowest BCUT2D eigenvalue weighted by molar-refractivity contribution is -0.257. The van der Waals surface area contributed by atoms with Crippen LogP contribution >= 0.6 is 0 Å². The number of halogens is 4. The number of fused-ring (bicyclic) bond motifs is 3. The second-order valence-electron chi connectivity index (χ2n) is 17.2. The van der Waals surface area contributed by atoms with E-state index in [1.165, 1.54) is 31.3 Å². The fourth-order valence-electron chi connectivity index (χ4n) is 8.52. The number of allylic oxidation sites excluding steroid dienone is 2. The summed E-state index contributed by atoms with van der Waals surface area (Å²) in [6, 6.07) is 2.69. The van der Waals surface area contributed by atoms with Gasteiger partial charge in [0.15, 0.2) is 17.3 Å². The van der Waals surface area contributed by atoms with E-state index in [4.69, 9.17) is 18.9 Å². The molecule has 2 aliphatic heterocycles. The number of nitrogens with one attached hydrogen (secondary N) is 1. The maximum absolute atomic E-state index is 15.0. The molecule has 18 heteroatoms. The second kappa shape index (κ2) is 17.1. The number of sulfonamides is 1. The van der Waals surface area contributed by atoms with Crippen LogP contribution in [0.1, 0.15) is 91.9 Å². The predicted molar refractivity (Wildman–Crippen MR) is 210 cm³/mol. The maximum Gasteiger partial charge on any atom is 0.427 e. The SMILES string of the molecule is CC[C@@H]1C[C@H](C)CC/C=C\[C@@H]2C[C@@]2(C(=O)NS(=O)(=O)C2CC2)CC(=O)[C@@H]2C[C@@H](Oc3cc(OC)nc4cc(OC)c(F)cc34)CN2C(=O)[C@H]1CC(=O)OC(C)(C)C(F)(F)F. The van der Waals surface area contributed by atoms with Gasteiger partial charge < -0.3 is 23.8 Å². The molecule has 330 valence electrons. The van der Waals surface area contributed by atoms with E-state index in [0.717, 1.165) is 19.9 Å². The van der Waals surface area contributed by atoms with Crippen molar-refractivity contribution in [3.05, 3.63) is 36.2 Å². The normalized spacial score (nSPS) is 28.5. The third-order valence-corrected chi connectivity index (χ3v) is 14.3.